The number of hydrogen-bond acceptors (Lipinski definition) is 2. The number of benzene rings is 2. The molecule has 0 aliphatic rings. The molecule has 2 nitrogen and oxygen atoms in total. The van der Waals surface area contributed by atoms with Gasteiger partial charge in [0, 0.05) is 12.2 Å². The van der Waals surface area contributed by atoms with E-state index < -0.39 is 5.54 Å². The molecule has 4 heteroatoms. The molecule has 2 aromatic rings. The van der Waals surface area contributed by atoms with Crippen molar-refractivity contribution in [1.29, 1.82) is 0 Å². The molecule has 0 spiro atoms. The normalized spacial score (nSPS) is 13.8. The maximum atomic E-state index is 13.7. The molecule has 0 saturated heterocycles. The summed E-state index contributed by atoms with van der Waals surface area (Å²) in [5, 5.41) is 3.19. The molecule has 0 bridgehead atoms. The van der Waals surface area contributed by atoms with Gasteiger partial charge in [0.2, 0.25) is 0 Å². The lowest BCUT2D eigenvalue weighted by Gasteiger charge is -2.31. The van der Waals surface area contributed by atoms with Crippen molar-refractivity contribution in [1.82, 2.24) is 0 Å². The Hall–Kier alpha value is -1.94. The molecule has 0 saturated carbocycles. The molecule has 0 aromatic heterocycles. The zero-order valence-corrected chi connectivity index (χ0v) is 11.4. The molecular formula is C16H18F2N2. The van der Waals surface area contributed by atoms with Crippen LogP contribution in [0.2, 0.25) is 0 Å². The lowest BCUT2D eigenvalue weighted by molar-refractivity contribution is 0.501. The van der Waals surface area contributed by atoms with Crippen molar-refractivity contribution in [2.75, 3.05) is 11.9 Å². The van der Waals surface area contributed by atoms with Gasteiger partial charge < -0.3 is 11.1 Å². The number of hydrogen-bond donors (Lipinski definition) is 2. The van der Waals surface area contributed by atoms with Crippen LogP contribution in [0.3, 0.4) is 0 Å². The first kappa shape index (κ1) is 14.5. The van der Waals surface area contributed by atoms with E-state index in [2.05, 4.69) is 5.32 Å². The van der Waals surface area contributed by atoms with Crippen molar-refractivity contribution in [3.63, 3.8) is 0 Å². The average molecular weight is 276 g/mol. The van der Waals surface area contributed by atoms with Crippen molar-refractivity contribution in [3.05, 3.63) is 65.7 Å². The number of nitrogens with one attached hydrogen (secondary N) is 1. The van der Waals surface area contributed by atoms with E-state index >= 15 is 0 Å². The minimum absolute atomic E-state index is 0.256. The quantitative estimate of drug-likeness (QED) is 0.879. The van der Waals surface area contributed by atoms with Gasteiger partial charge in [-0.1, -0.05) is 24.3 Å². The maximum Gasteiger partial charge on any atom is 0.126 e. The smallest absolute Gasteiger partial charge is 0.126 e. The zero-order chi connectivity index (χ0) is 14.6. The fraction of sp³-hybridized carbons (Fsp3) is 0.250. The van der Waals surface area contributed by atoms with E-state index in [0.717, 1.165) is 0 Å². The summed E-state index contributed by atoms with van der Waals surface area (Å²) < 4.78 is 26.9. The van der Waals surface area contributed by atoms with Gasteiger partial charge in [-0.3, -0.25) is 0 Å². The Morgan fingerprint density at radius 3 is 2.50 bits per heavy atom. The Kier molecular flexibility index (Phi) is 4.35. The lowest BCUT2D eigenvalue weighted by atomic mass is 9.92. The Morgan fingerprint density at radius 2 is 1.85 bits per heavy atom. The van der Waals surface area contributed by atoms with Gasteiger partial charge >= 0.3 is 0 Å². The van der Waals surface area contributed by atoms with E-state index in [1.807, 2.05) is 6.92 Å². The highest BCUT2D eigenvalue weighted by atomic mass is 19.1. The van der Waals surface area contributed by atoms with Crippen LogP contribution in [-0.2, 0) is 6.42 Å². The minimum atomic E-state index is -0.546. The fourth-order valence-corrected chi connectivity index (χ4v) is 2.14. The number of nitrogens with two attached hydrogens (primary N) is 1. The molecule has 2 rings (SSSR count). The van der Waals surface area contributed by atoms with Crippen LogP contribution in [0.5, 0.6) is 0 Å². The van der Waals surface area contributed by atoms with Crippen LogP contribution < -0.4 is 11.1 Å². The molecule has 0 aliphatic carbocycles. The summed E-state index contributed by atoms with van der Waals surface area (Å²) >= 11 is 0. The minimum Gasteiger partial charge on any atom is -0.378 e. The fourth-order valence-electron chi connectivity index (χ4n) is 2.14. The van der Waals surface area contributed by atoms with Crippen molar-refractivity contribution in [2.45, 2.75) is 18.9 Å². The van der Waals surface area contributed by atoms with Gasteiger partial charge in [-0.15, -0.1) is 0 Å². The van der Waals surface area contributed by atoms with Crippen molar-refractivity contribution in [2.24, 2.45) is 5.73 Å². The second-order valence-corrected chi connectivity index (χ2v) is 5.17. The van der Waals surface area contributed by atoms with Crippen molar-refractivity contribution < 1.29 is 8.78 Å². The summed E-state index contributed by atoms with van der Waals surface area (Å²) in [6.07, 6.45) is 0.423. The Balaban J connectivity index is 2.19. The first-order valence-corrected chi connectivity index (χ1v) is 6.50. The molecular weight excluding hydrogens is 258 g/mol. The van der Waals surface area contributed by atoms with Crippen LogP contribution >= 0.6 is 0 Å². The van der Waals surface area contributed by atoms with E-state index in [4.69, 9.17) is 5.73 Å². The van der Waals surface area contributed by atoms with Crippen LogP contribution in [0.1, 0.15) is 12.5 Å². The molecule has 106 valence electrons. The summed E-state index contributed by atoms with van der Waals surface area (Å²) in [7, 11) is 0. The van der Waals surface area contributed by atoms with Crippen LogP contribution in [0, 0.1) is 11.6 Å². The highest BCUT2D eigenvalue weighted by Gasteiger charge is 2.24. The number of rotatable bonds is 5. The SMILES string of the molecule is CC(CN)(Cc1ccccc1F)Nc1cccc(F)c1. The Labute approximate surface area is 117 Å². The van der Waals surface area contributed by atoms with E-state index in [0.29, 0.717) is 24.2 Å². The third kappa shape index (κ3) is 3.54. The van der Waals surface area contributed by atoms with Crippen LogP contribution in [0.15, 0.2) is 48.5 Å². The second-order valence-electron chi connectivity index (χ2n) is 5.17. The maximum absolute atomic E-state index is 13.7. The van der Waals surface area contributed by atoms with Gasteiger partial charge in [0.15, 0.2) is 0 Å². The van der Waals surface area contributed by atoms with E-state index in [-0.39, 0.29) is 11.6 Å². The van der Waals surface area contributed by atoms with Crippen LogP contribution in [-0.4, -0.2) is 12.1 Å². The van der Waals surface area contributed by atoms with Crippen LogP contribution in [0.4, 0.5) is 14.5 Å². The third-order valence-electron chi connectivity index (χ3n) is 3.26. The van der Waals surface area contributed by atoms with Crippen molar-refractivity contribution in [3.8, 4) is 0 Å². The second kappa shape index (κ2) is 6.01. The zero-order valence-electron chi connectivity index (χ0n) is 11.4. The van der Waals surface area contributed by atoms with Gasteiger partial charge in [0.1, 0.15) is 11.6 Å². The Morgan fingerprint density at radius 1 is 1.10 bits per heavy atom. The standard InChI is InChI=1S/C16H18F2N2/c1-16(11-19,10-12-5-2-3-8-15(12)18)20-14-7-4-6-13(17)9-14/h2-9,20H,10-11,19H2,1H3. The summed E-state index contributed by atoms with van der Waals surface area (Å²) in [5.41, 5.74) is 6.49. The molecule has 20 heavy (non-hydrogen) atoms. The summed E-state index contributed by atoms with van der Waals surface area (Å²) in [4.78, 5) is 0. The van der Waals surface area contributed by atoms with Gasteiger partial charge in [0.05, 0.1) is 5.54 Å². The monoisotopic (exact) mass is 276 g/mol. The van der Waals surface area contributed by atoms with Gasteiger partial charge in [-0.25, -0.2) is 8.78 Å². The largest absolute Gasteiger partial charge is 0.378 e. The predicted octanol–water partition coefficient (Wildman–Crippen LogP) is 3.34. The molecule has 1 unspecified atom stereocenters. The molecule has 0 fully saturated rings. The highest BCUT2D eigenvalue weighted by molar-refractivity contribution is 5.46. The van der Waals surface area contributed by atoms with Crippen molar-refractivity contribution >= 4 is 5.69 Å². The number of halogens is 2. The summed E-state index contributed by atoms with van der Waals surface area (Å²) in [5.74, 6) is -0.575. The average Bonchev–Trinajstić information content (AvgIpc) is 2.41. The molecule has 3 N–H and O–H groups in total. The molecule has 0 heterocycles. The van der Waals surface area contributed by atoms with Gasteiger partial charge in [0.25, 0.3) is 0 Å². The number of anilines is 1. The molecule has 1 atom stereocenters. The summed E-state index contributed by atoms with van der Waals surface area (Å²) in [6.45, 7) is 2.20. The molecule has 0 aliphatic heterocycles. The van der Waals surface area contributed by atoms with E-state index in [9.17, 15) is 8.78 Å². The first-order chi connectivity index (χ1) is 9.52. The molecule has 2 aromatic carbocycles. The molecule has 0 amide bonds. The predicted molar refractivity (Wildman–Crippen MR) is 77.6 cm³/mol. The molecule has 0 radical (unpaired) electrons. The van der Waals surface area contributed by atoms with E-state index in [1.54, 1.807) is 30.3 Å². The van der Waals surface area contributed by atoms with Crippen LogP contribution in [0.25, 0.3) is 0 Å². The van der Waals surface area contributed by atoms with E-state index in [1.165, 1.54) is 18.2 Å². The third-order valence-corrected chi connectivity index (χ3v) is 3.26. The highest BCUT2D eigenvalue weighted by Crippen LogP contribution is 2.21. The topological polar surface area (TPSA) is 38.0 Å². The van der Waals surface area contributed by atoms with Gasteiger partial charge in [-0.05, 0) is 43.2 Å². The first-order valence-electron chi connectivity index (χ1n) is 6.50. The Bertz CT molecular complexity index is 586. The lowest BCUT2D eigenvalue weighted by Crippen LogP contribution is -2.44. The van der Waals surface area contributed by atoms with Gasteiger partial charge in [-0.2, -0.15) is 0 Å². The summed E-state index contributed by atoms with van der Waals surface area (Å²) in [6, 6.07) is 12.8.